The predicted molar refractivity (Wildman–Crippen MR) is 55.7 cm³/mol. The fourth-order valence-electron chi connectivity index (χ4n) is 1.23. The van der Waals surface area contributed by atoms with Crippen LogP contribution < -0.4 is 0 Å². The van der Waals surface area contributed by atoms with Crippen molar-refractivity contribution in [1.29, 1.82) is 0 Å². The van der Waals surface area contributed by atoms with E-state index in [1.54, 1.807) is 12.2 Å². The monoisotopic (exact) mass is 352 g/mol. The number of rotatable bonds is 7. The van der Waals surface area contributed by atoms with Gasteiger partial charge in [0.05, 0.1) is 0 Å². The molecule has 0 aromatic carbocycles. The van der Waals surface area contributed by atoms with E-state index in [9.17, 15) is 0 Å². The fourth-order valence-corrected chi connectivity index (χ4v) is 10.8. The van der Waals surface area contributed by atoms with Crippen molar-refractivity contribution < 1.29 is 0 Å². The van der Waals surface area contributed by atoms with Crippen molar-refractivity contribution in [3.05, 3.63) is 0 Å². The molecule has 0 rings (SSSR count). The van der Waals surface area contributed by atoms with Gasteiger partial charge < -0.3 is 0 Å². The summed E-state index contributed by atoms with van der Waals surface area (Å²) in [7, 11) is 0. The van der Waals surface area contributed by atoms with Crippen molar-refractivity contribution in [2.45, 2.75) is 58.7 Å². The summed E-state index contributed by atoms with van der Waals surface area (Å²) in [6.45, 7) is 7.02. The molecule has 0 spiro atoms. The first kappa shape index (κ1) is 11.9. The van der Waals surface area contributed by atoms with Gasteiger partial charge in [-0.05, 0) is 0 Å². The van der Waals surface area contributed by atoms with Crippen LogP contribution in [-0.4, -0.2) is 22.1 Å². The number of hydrogen-bond donors (Lipinski definition) is 0. The van der Waals surface area contributed by atoms with E-state index in [-0.39, 0.29) is 0 Å². The van der Waals surface area contributed by atoms with Crippen LogP contribution in [0.2, 0.25) is 12.2 Å². The molecule has 0 nitrogen and oxygen atoms in total. The second-order valence-corrected chi connectivity index (χ2v) is 12.6. The van der Waals surface area contributed by atoms with Gasteiger partial charge in [-0.3, -0.25) is 0 Å². The number of hydrogen-bond acceptors (Lipinski definition) is 0. The van der Waals surface area contributed by atoms with E-state index in [0.717, 1.165) is 0 Å². The van der Waals surface area contributed by atoms with Gasteiger partial charge in [-0.2, -0.15) is 0 Å². The Morgan fingerprint density at radius 1 is 0.727 bits per heavy atom. The average Bonchev–Trinajstić information content (AvgIpc) is 2.01. The third-order valence-corrected chi connectivity index (χ3v) is 12.8. The molecule has 0 bridgehead atoms. The molecule has 0 fully saturated rings. The maximum absolute atomic E-state index is 2.35. The van der Waals surface area contributed by atoms with Crippen molar-refractivity contribution >= 4 is 22.1 Å². The maximum atomic E-state index is 2.35. The summed E-state index contributed by atoms with van der Waals surface area (Å²) in [4.78, 5) is 0. The zero-order valence-electron chi connectivity index (χ0n) is 8.36. The molecule has 11 heavy (non-hydrogen) atoms. The second-order valence-electron chi connectivity index (χ2n) is 3.08. The minimum absolute atomic E-state index is 0.765. The van der Waals surface area contributed by atoms with E-state index in [4.69, 9.17) is 0 Å². The van der Waals surface area contributed by atoms with E-state index in [1.165, 1.54) is 25.7 Å². The normalized spacial score (nSPS) is 10.9. The molecule has 0 heterocycles. The molecular formula is C10H23Po. The van der Waals surface area contributed by atoms with Crippen LogP contribution in [0.5, 0.6) is 0 Å². The van der Waals surface area contributed by atoms with Crippen LogP contribution in [-0.2, 0) is 0 Å². The van der Waals surface area contributed by atoms with Gasteiger partial charge in [0, 0.05) is 0 Å². The van der Waals surface area contributed by atoms with Gasteiger partial charge in [0.25, 0.3) is 0 Å². The van der Waals surface area contributed by atoms with Crippen LogP contribution in [0.15, 0.2) is 0 Å². The molecule has 0 aliphatic rings. The summed E-state index contributed by atoms with van der Waals surface area (Å²) in [5.74, 6) is 0. The summed E-state index contributed by atoms with van der Waals surface area (Å²) in [5.41, 5.74) is 0. The summed E-state index contributed by atoms with van der Waals surface area (Å²) >= 11 is -0.765. The summed E-state index contributed by atoms with van der Waals surface area (Å²) < 4.78 is 4.96. The molecule has 1 heteroatoms. The van der Waals surface area contributed by atoms with Gasteiger partial charge in [0.2, 0.25) is 0 Å². The van der Waals surface area contributed by atoms with Crippen molar-refractivity contribution in [3.63, 3.8) is 0 Å². The standard InChI is InChI=1S/C4H9.2C3H7.Po/c1-3-4-2;2*1-3-2;/h1,3-4H2,2H3;2*1,3H2,2H3;. The Morgan fingerprint density at radius 3 is 1.64 bits per heavy atom. The third kappa shape index (κ3) is 7.26. The van der Waals surface area contributed by atoms with Crippen LogP contribution in [0.3, 0.4) is 0 Å². The molecule has 69 valence electrons. The molecule has 0 amide bonds. The first-order valence-electron chi connectivity index (χ1n) is 4.99. The van der Waals surface area contributed by atoms with E-state index in [0.29, 0.717) is 0 Å². The molecule has 0 N–H and O–H groups in total. The molecule has 0 aliphatic heterocycles. The molecule has 0 aromatic heterocycles. The average molecular weight is 352 g/mol. The topological polar surface area (TPSA) is 0 Å². The van der Waals surface area contributed by atoms with Crippen molar-refractivity contribution in [2.75, 3.05) is 0 Å². The van der Waals surface area contributed by atoms with Gasteiger partial charge in [-0.1, -0.05) is 0 Å². The molecule has 1 radical (unpaired) electrons. The molecule has 0 saturated heterocycles. The summed E-state index contributed by atoms with van der Waals surface area (Å²) in [6.07, 6.45) is 5.85. The molecule has 0 saturated carbocycles. The van der Waals surface area contributed by atoms with E-state index in [1.807, 2.05) is 0 Å². The van der Waals surface area contributed by atoms with Gasteiger partial charge >= 0.3 is 80.8 Å². The van der Waals surface area contributed by atoms with Crippen molar-refractivity contribution in [2.24, 2.45) is 0 Å². The van der Waals surface area contributed by atoms with Crippen molar-refractivity contribution in [3.8, 4) is 0 Å². The molecule has 0 aliphatic carbocycles. The van der Waals surface area contributed by atoms with Gasteiger partial charge in [-0.25, -0.2) is 0 Å². The first-order chi connectivity index (χ1) is 5.35. The quantitative estimate of drug-likeness (QED) is 0.647. The van der Waals surface area contributed by atoms with Gasteiger partial charge in [-0.15, -0.1) is 0 Å². The molecule has 0 aromatic rings. The van der Waals surface area contributed by atoms with Crippen LogP contribution in [0.4, 0.5) is 0 Å². The zero-order valence-corrected chi connectivity index (χ0v) is 11.5. The predicted octanol–water partition coefficient (Wildman–Crippen LogP) is 4.10. The molecule has 0 atom stereocenters. The Kier molecular flexibility index (Phi) is 9.72. The molecular weight excluding hydrogens is 329 g/mol. The summed E-state index contributed by atoms with van der Waals surface area (Å²) in [6, 6.07) is 0. The van der Waals surface area contributed by atoms with E-state index >= 15 is 0 Å². The van der Waals surface area contributed by atoms with Crippen LogP contribution >= 0.6 is 0 Å². The minimum atomic E-state index is -0.765. The SMILES string of the molecule is CCC[CH2][Po]([CH2]CC)[CH2]CC. The van der Waals surface area contributed by atoms with Crippen LogP contribution in [0, 0.1) is 0 Å². The molecule has 0 unspecified atom stereocenters. The second kappa shape index (κ2) is 8.99. The first-order valence-corrected chi connectivity index (χ1v) is 11.7. The number of unbranched alkanes of at least 4 members (excludes halogenated alkanes) is 1. The Bertz CT molecular complexity index is 65.3. The fraction of sp³-hybridized carbons (Fsp3) is 1.00. The van der Waals surface area contributed by atoms with Crippen molar-refractivity contribution in [1.82, 2.24) is 0 Å². The Morgan fingerprint density at radius 2 is 1.27 bits per heavy atom. The van der Waals surface area contributed by atoms with E-state index < -0.39 is 22.1 Å². The zero-order chi connectivity index (χ0) is 8.53. The van der Waals surface area contributed by atoms with Gasteiger partial charge in [0.1, 0.15) is 0 Å². The van der Waals surface area contributed by atoms with Crippen LogP contribution in [0.1, 0.15) is 46.5 Å². The Hall–Kier alpha value is 0.896. The Labute approximate surface area is 80.6 Å². The van der Waals surface area contributed by atoms with Gasteiger partial charge in [0.15, 0.2) is 0 Å². The van der Waals surface area contributed by atoms with E-state index in [2.05, 4.69) is 20.8 Å². The third-order valence-electron chi connectivity index (χ3n) is 1.77. The van der Waals surface area contributed by atoms with Crippen LogP contribution in [0.25, 0.3) is 0 Å². The Balaban J connectivity index is 3.34. The summed E-state index contributed by atoms with van der Waals surface area (Å²) in [5, 5.41) is 0.